The Kier molecular flexibility index (Phi) is 2.20. The minimum absolute atomic E-state index is 0.216. The zero-order valence-electron chi connectivity index (χ0n) is 10.4. The van der Waals surface area contributed by atoms with E-state index in [-0.39, 0.29) is 5.75 Å². The van der Waals surface area contributed by atoms with Crippen molar-refractivity contribution < 1.29 is 5.11 Å². The zero-order chi connectivity index (χ0) is 13.5. The molecule has 0 fully saturated rings. The molecule has 1 aromatic carbocycles. The van der Waals surface area contributed by atoms with E-state index in [9.17, 15) is 5.11 Å². The van der Waals surface area contributed by atoms with Crippen LogP contribution < -0.4 is 0 Å². The normalized spacial score (nSPS) is 11.2. The average molecular weight is 262 g/mol. The zero-order valence-corrected chi connectivity index (χ0v) is 10.4. The fourth-order valence-electron chi connectivity index (χ4n) is 2.33. The summed E-state index contributed by atoms with van der Waals surface area (Å²) in [5, 5.41) is 10.9. The van der Waals surface area contributed by atoms with Crippen LogP contribution in [-0.2, 0) is 0 Å². The first-order chi connectivity index (χ1) is 9.83. The number of imidazole rings is 1. The highest BCUT2D eigenvalue weighted by Gasteiger charge is 2.10. The monoisotopic (exact) mass is 262 g/mol. The highest BCUT2D eigenvalue weighted by atomic mass is 16.3. The molecule has 0 saturated carbocycles. The van der Waals surface area contributed by atoms with Crippen molar-refractivity contribution in [2.24, 2.45) is 0 Å². The first kappa shape index (κ1) is 10.9. The molecule has 0 amide bonds. The average Bonchev–Trinajstić information content (AvgIpc) is 2.92. The van der Waals surface area contributed by atoms with Crippen molar-refractivity contribution in [1.82, 2.24) is 19.4 Å². The van der Waals surface area contributed by atoms with Crippen LogP contribution >= 0.6 is 0 Å². The number of hydrogen-bond donors (Lipinski definition) is 1. The number of pyridine rings is 1. The summed E-state index contributed by atoms with van der Waals surface area (Å²) in [6.07, 6.45) is 7.04. The lowest BCUT2D eigenvalue weighted by atomic mass is 10.2. The summed E-state index contributed by atoms with van der Waals surface area (Å²) >= 11 is 0. The molecule has 0 saturated heterocycles. The van der Waals surface area contributed by atoms with E-state index in [2.05, 4.69) is 15.0 Å². The van der Waals surface area contributed by atoms with Gasteiger partial charge < -0.3 is 5.11 Å². The summed E-state index contributed by atoms with van der Waals surface area (Å²) in [6.45, 7) is 0. The number of phenols is 1. The van der Waals surface area contributed by atoms with Crippen LogP contribution in [0.15, 0.2) is 55.1 Å². The van der Waals surface area contributed by atoms with Gasteiger partial charge >= 0.3 is 0 Å². The van der Waals surface area contributed by atoms with Crippen LogP contribution in [0.25, 0.3) is 27.9 Å². The summed E-state index contributed by atoms with van der Waals surface area (Å²) in [7, 11) is 0. The number of aromatic nitrogens is 4. The van der Waals surface area contributed by atoms with Gasteiger partial charge in [0.2, 0.25) is 5.78 Å². The molecule has 96 valence electrons. The molecule has 0 atom stereocenters. The molecule has 0 radical (unpaired) electrons. The summed E-state index contributed by atoms with van der Waals surface area (Å²) in [6, 6.07) is 9.15. The van der Waals surface area contributed by atoms with Gasteiger partial charge in [-0.05, 0) is 18.2 Å². The molecule has 0 aliphatic heterocycles. The lowest BCUT2D eigenvalue weighted by Gasteiger charge is -2.02. The molecule has 3 aromatic heterocycles. The maximum absolute atomic E-state index is 10.1. The Morgan fingerprint density at radius 1 is 1.05 bits per heavy atom. The van der Waals surface area contributed by atoms with Gasteiger partial charge in [0.1, 0.15) is 5.75 Å². The Morgan fingerprint density at radius 3 is 2.75 bits per heavy atom. The number of para-hydroxylation sites is 1. The van der Waals surface area contributed by atoms with Crippen LogP contribution in [0.1, 0.15) is 0 Å². The molecule has 0 unspecified atom stereocenters. The van der Waals surface area contributed by atoms with Gasteiger partial charge in [0, 0.05) is 35.7 Å². The van der Waals surface area contributed by atoms with Gasteiger partial charge in [-0.1, -0.05) is 12.1 Å². The minimum Gasteiger partial charge on any atom is -0.506 e. The van der Waals surface area contributed by atoms with Crippen LogP contribution in [0.2, 0.25) is 0 Å². The third kappa shape index (κ3) is 1.53. The van der Waals surface area contributed by atoms with E-state index in [0.29, 0.717) is 11.3 Å². The van der Waals surface area contributed by atoms with Gasteiger partial charge in [-0.2, -0.15) is 0 Å². The summed E-state index contributed by atoms with van der Waals surface area (Å²) < 4.78 is 1.81. The summed E-state index contributed by atoms with van der Waals surface area (Å²) in [5.74, 6) is 0.777. The molecule has 20 heavy (non-hydrogen) atoms. The van der Waals surface area contributed by atoms with Crippen LogP contribution in [0.4, 0.5) is 0 Å². The molecule has 0 aliphatic rings. The topological polar surface area (TPSA) is 63.3 Å². The van der Waals surface area contributed by atoms with E-state index < -0.39 is 0 Å². The molecule has 3 heterocycles. The second kappa shape index (κ2) is 4.03. The molecular weight excluding hydrogens is 252 g/mol. The third-order valence-electron chi connectivity index (χ3n) is 3.27. The van der Waals surface area contributed by atoms with E-state index in [4.69, 9.17) is 0 Å². The number of phenolic OH excluding ortho intramolecular Hbond substituents is 1. The van der Waals surface area contributed by atoms with Crippen molar-refractivity contribution in [3.8, 4) is 17.0 Å². The van der Waals surface area contributed by atoms with Crippen LogP contribution in [0.5, 0.6) is 5.75 Å². The number of aromatic hydroxyl groups is 1. The van der Waals surface area contributed by atoms with Crippen molar-refractivity contribution in [1.29, 1.82) is 0 Å². The fourth-order valence-corrected chi connectivity index (χ4v) is 2.33. The lowest BCUT2D eigenvalue weighted by Crippen LogP contribution is -1.90. The number of nitrogens with zero attached hydrogens (tertiary/aromatic N) is 4. The molecule has 0 aliphatic carbocycles. The van der Waals surface area contributed by atoms with Crippen molar-refractivity contribution in [3.63, 3.8) is 0 Å². The van der Waals surface area contributed by atoms with Crippen molar-refractivity contribution >= 4 is 16.7 Å². The van der Waals surface area contributed by atoms with Crippen LogP contribution in [0.3, 0.4) is 0 Å². The van der Waals surface area contributed by atoms with Crippen LogP contribution in [0, 0.1) is 0 Å². The molecular formula is C15H10N4O. The van der Waals surface area contributed by atoms with Crippen LogP contribution in [-0.4, -0.2) is 24.5 Å². The number of benzene rings is 1. The Bertz CT molecular complexity index is 915. The number of fused-ring (bicyclic) bond motifs is 3. The predicted molar refractivity (Wildman–Crippen MR) is 75.4 cm³/mol. The van der Waals surface area contributed by atoms with Gasteiger partial charge in [-0.3, -0.25) is 9.38 Å². The highest BCUT2D eigenvalue weighted by molar-refractivity contribution is 5.86. The summed E-state index contributed by atoms with van der Waals surface area (Å²) in [4.78, 5) is 12.8. The van der Waals surface area contributed by atoms with E-state index in [1.807, 2.05) is 24.4 Å². The Hall–Kier alpha value is -2.95. The van der Waals surface area contributed by atoms with Crippen molar-refractivity contribution in [2.75, 3.05) is 0 Å². The van der Waals surface area contributed by atoms with E-state index in [1.165, 1.54) is 0 Å². The molecule has 0 bridgehead atoms. The van der Waals surface area contributed by atoms with Gasteiger partial charge in [0.25, 0.3) is 0 Å². The first-order valence-corrected chi connectivity index (χ1v) is 6.19. The predicted octanol–water partition coefficient (Wildman–Crippen LogP) is 2.65. The van der Waals surface area contributed by atoms with E-state index in [1.54, 1.807) is 35.1 Å². The maximum atomic E-state index is 10.1. The van der Waals surface area contributed by atoms with E-state index >= 15 is 0 Å². The van der Waals surface area contributed by atoms with E-state index in [0.717, 1.165) is 16.6 Å². The third-order valence-corrected chi connectivity index (χ3v) is 3.27. The second-order valence-electron chi connectivity index (χ2n) is 4.51. The minimum atomic E-state index is 0.216. The first-order valence-electron chi connectivity index (χ1n) is 6.19. The highest BCUT2D eigenvalue weighted by Crippen LogP contribution is 2.26. The maximum Gasteiger partial charge on any atom is 0.234 e. The quantitative estimate of drug-likeness (QED) is 0.572. The van der Waals surface area contributed by atoms with Gasteiger partial charge in [0.05, 0.1) is 11.2 Å². The fraction of sp³-hybridized carbons (Fsp3) is 0. The Balaban J connectivity index is 2.07. The van der Waals surface area contributed by atoms with Crippen molar-refractivity contribution in [2.45, 2.75) is 0 Å². The Morgan fingerprint density at radius 2 is 1.90 bits per heavy atom. The molecule has 4 aromatic rings. The standard InChI is InChI=1S/C15H10N4O/c20-13-3-1-2-11-8-17-15-18-12(9-19(15)14(11)13)10-4-6-16-7-5-10/h1-9,20H. The smallest absolute Gasteiger partial charge is 0.234 e. The lowest BCUT2D eigenvalue weighted by molar-refractivity contribution is 0.480. The van der Waals surface area contributed by atoms with Gasteiger partial charge in [-0.15, -0.1) is 0 Å². The van der Waals surface area contributed by atoms with Crippen molar-refractivity contribution in [3.05, 3.63) is 55.1 Å². The molecule has 4 rings (SSSR count). The largest absolute Gasteiger partial charge is 0.506 e. The number of rotatable bonds is 1. The molecule has 5 heteroatoms. The molecule has 5 nitrogen and oxygen atoms in total. The Labute approximate surface area is 114 Å². The molecule has 0 spiro atoms. The second-order valence-corrected chi connectivity index (χ2v) is 4.51. The van der Waals surface area contributed by atoms with Gasteiger partial charge in [-0.25, -0.2) is 9.97 Å². The SMILES string of the molecule is Oc1cccc2cnc3nc(-c4ccncc4)cn3c12. The summed E-state index contributed by atoms with van der Waals surface area (Å²) in [5.41, 5.74) is 2.48. The number of hydrogen-bond acceptors (Lipinski definition) is 4. The van der Waals surface area contributed by atoms with Gasteiger partial charge in [0.15, 0.2) is 0 Å². The molecule has 1 N–H and O–H groups in total.